The van der Waals surface area contributed by atoms with Crippen molar-refractivity contribution in [2.45, 2.75) is 51.0 Å². The molecule has 18 heavy (non-hydrogen) atoms. The quantitative estimate of drug-likeness (QED) is 0.660. The van der Waals surface area contributed by atoms with Crippen LogP contribution in [-0.4, -0.2) is 30.4 Å². The van der Waals surface area contributed by atoms with Gasteiger partial charge in [0.25, 0.3) is 0 Å². The van der Waals surface area contributed by atoms with E-state index in [0.29, 0.717) is 16.6 Å². The molecule has 3 nitrogen and oxygen atoms in total. The second-order valence-corrected chi connectivity index (χ2v) is 8.18. The molecule has 0 saturated heterocycles. The lowest BCUT2D eigenvalue weighted by Gasteiger charge is -2.31. The zero-order valence-corrected chi connectivity index (χ0v) is 14.9. The van der Waals surface area contributed by atoms with Gasteiger partial charge in [0.1, 0.15) is 0 Å². The third-order valence-corrected chi connectivity index (χ3v) is 7.54. The van der Waals surface area contributed by atoms with Crippen molar-refractivity contribution in [3.8, 4) is 0 Å². The van der Waals surface area contributed by atoms with Crippen LogP contribution >= 0.6 is 31.9 Å². The molecule has 0 aromatic rings. The summed E-state index contributed by atoms with van der Waals surface area (Å²) in [6.45, 7) is 2.01. The van der Waals surface area contributed by atoms with Crippen molar-refractivity contribution < 1.29 is 8.42 Å². The van der Waals surface area contributed by atoms with Gasteiger partial charge in [-0.05, 0) is 25.2 Å². The van der Waals surface area contributed by atoms with E-state index in [9.17, 15) is 8.42 Å². The van der Waals surface area contributed by atoms with Gasteiger partial charge in [0, 0.05) is 10.7 Å². The molecule has 1 aliphatic carbocycles. The summed E-state index contributed by atoms with van der Waals surface area (Å²) in [5, 5.41) is 1.26. The van der Waals surface area contributed by atoms with E-state index in [0.717, 1.165) is 19.3 Å². The molecule has 0 heterocycles. The van der Waals surface area contributed by atoms with Crippen molar-refractivity contribution in [3.63, 3.8) is 0 Å². The topological polar surface area (TPSA) is 46.2 Å². The van der Waals surface area contributed by atoms with Crippen LogP contribution in [0.5, 0.6) is 0 Å². The van der Waals surface area contributed by atoms with E-state index >= 15 is 0 Å². The fourth-order valence-electron chi connectivity index (χ4n) is 2.39. The van der Waals surface area contributed by atoms with Crippen LogP contribution in [0.2, 0.25) is 0 Å². The Bertz CT molecular complexity index is 328. The van der Waals surface area contributed by atoms with Crippen LogP contribution in [-0.2, 0) is 10.0 Å². The van der Waals surface area contributed by atoms with E-state index in [4.69, 9.17) is 0 Å². The molecule has 1 saturated carbocycles. The molecule has 1 N–H and O–H groups in total. The Morgan fingerprint density at radius 2 is 1.72 bits per heavy atom. The fraction of sp³-hybridized carbons (Fsp3) is 1.00. The number of hydrogen-bond donors (Lipinski definition) is 1. The number of rotatable bonds is 7. The van der Waals surface area contributed by atoms with Gasteiger partial charge >= 0.3 is 0 Å². The Hall–Kier alpha value is 0.870. The summed E-state index contributed by atoms with van der Waals surface area (Å²) in [5.41, 5.74) is -0.395. The number of alkyl halides is 2. The molecule has 1 rings (SSSR count). The highest BCUT2D eigenvalue weighted by molar-refractivity contribution is 9.09. The lowest BCUT2D eigenvalue weighted by Crippen LogP contribution is -2.52. The highest BCUT2D eigenvalue weighted by atomic mass is 79.9. The van der Waals surface area contributed by atoms with E-state index in [1.54, 1.807) is 0 Å². The molecule has 0 aromatic carbocycles. The number of hydrogen-bond acceptors (Lipinski definition) is 2. The molecule has 0 aliphatic heterocycles. The van der Waals surface area contributed by atoms with Gasteiger partial charge in [-0.25, -0.2) is 13.1 Å². The fourth-order valence-corrected chi connectivity index (χ4v) is 6.75. The minimum atomic E-state index is -3.19. The van der Waals surface area contributed by atoms with E-state index in [1.165, 1.54) is 19.3 Å². The second kappa shape index (κ2) is 7.60. The summed E-state index contributed by atoms with van der Waals surface area (Å²) < 4.78 is 27.4. The molecule has 0 radical (unpaired) electrons. The van der Waals surface area contributed by atoms with Crippen molar-refractivity contribution in [3.05, 3.63) is 0 Å². The van der Waals surface area contributed by atoms with Crippen molar-refractivity contribution in [2.75, 3.05) is 16.4 Å². The minimum absolute atomic E-state index is 0.286. The Morgan fingerprint density at radius 1 is 1.17 bits per heavy atom. The Kier molecular flexibility index (Phi) is 7.14. The first-order chi connectivity index (χ1) is 8.47. The van der Waals surface area contributed by atoms with E-state index < -0.39 is 15.6 Å². The SMILES string of the molecule is CCC(CBr)(CBr)NS(=O)(=O)CC1CCCCC1. The molecule has 0 spiro atoms. The van der Waals surface area contributed by atoms with Crippen LogP contribution < -0.4 is 4.72 Å². The van der Waals surface area contributed by atoms with Crippen LogP contribution in [0.1, 0.15) is 45.4 Å². The molecule has 0 unspecified atom stereocenters. The Morgan fingerprint density at radius 3 is 2.17 bits per heavy atom. The van der Waals surface area contributed by atoms with Crippen molar-refractivity contribution in [1.82, 2.24) is 4.72 Å². The van der Waals surface area contributed by atoms with Crippen LogP contribution in [0.3, 0.4) is 0 Å². The summed E-state index contributed by atoms with van der Waals surface area (Å²) in [5.74, 6) is 0.630. The highest BCUT2D eigenvalue weighted by Gasteiger charge is 2.32. The minimum Gasteiger partial charge on any atom is -0.212 e. The summed E-state index contributed by atoms with van der Waals surface area (Å²) in [7, 11) is -3.19. The third kappa shape index (κ3) is 5.10. The Labute approximate surface area is 128 Å². The molecule has 0 bridgehead atoms. The molecule has 0 amide bonds. The molecule has 1 aliphatic rings. The maximum atomic E-state index is 12.2. The highest BCUT2D eigenvalue weighted by Crippen LogP contribution is 2.26. The number of halogens is 2. The summed E-state index contributed by atoms with van der Waals surface area (Å²) in [4.78, 5) is 0. The number of sulfonamides is 1. The van der Waals surface area contributed by atoms with Gasteiger partial charge in [-0.1, -0.05) is 58.0 Å². The van der Waals surface area contributed by atoms with Crippen LogP contribution in [0.4, 0.5) is 0 Å². The summed E-state index contributed by atoms with van der Waals surface area (Å²) in [6, 6.07) is 0. The van der Waals surface area contributed by atoms with E-state index in [-0.39, 0.29) is 5.75 Å². The van der Waals surface area contributed by atoms with Gasteiger partial charge < -0.3 is 0 Å². The maximum Gasteiger partial charge on any atom is 0.212 e. The Balaban J connectivity index is 2.62. The zero-order chi connectivity index (χ0) is 13.6. The smallest absolute Gasteiger partial charge is 0.212 e. The average Bonchev–Trinajstić information content (AvgIpc) is 2.37. The van der Waals surface area contributed by atoms with Gasteiger partial charge in [0.05, 0.1) is 11.3 Å². The molecule has 6 heteroatoms. The van der Waals surface area contributed by atoms with E-state index in [1.807, 2.05) is 6.92 Å². The monoisotopic (exact) mass is 403 g/mol. The van der Waals surface area contributed by atoms with Crippen LogP contribution in [0, 0.1) is 5.92 Å². The molecule has 0 aromatic heterocycles. The summed E-state index contributed by atoms with van der Waals surface area (Å²) >= 11 is 6.83. The van der Waals surface area contributed by atoms with Gasteiger partial charge in [0.2, 0.25) is 10.0 Å². The lowest BCUT2D eigenvalue weighted by atomic mass is 9.91. The normalized spacial score (nSPS) is 19.1. The van der Waals surface area contributed by atoms with E-state index in [2.05, 4.69) is 36.6 Å². The molecule has 108 valence electrons. The van der Waals surface area contributed by atoms with Gasteiger partial charge in [-0.3, -0.25) is 0 Å². The van der Waals surface area contributed by atoms with Crippen molar-refractivity contribution >= 4 is 41.9 Å². The molecular weight excluding hydrogens is 382 g/mol. The lowest BCUT2D eigenvalue weighted by molar-refractivity contribution is 0.380. The molecule has 1 fully saturated rings. The summed E-state index contributed by atoms with van der Waals surface area (Å²) in [6.07, 6.45) is 6.50. The maximum absolute atomic E-state index is 12.2. The van der Waals surface area contributed by atoms with Gasteiger partial charge in [-0.2, -0.15) is 0 Å². The molecular formula is C12H23Br2NO2S. The predicted octanol–water partition coefficient (Wildman–Crippen LogP) is 3.42. The molecule has 0 atom stereocenters. The van der Waals surface area contributed by atoms with Gasteiger partial charge in [0.15, 0.2) is 0 Å². The zero-order valence-electron chi connectivity index (χ0n) is 10.9. The predicted molar refractivity (Wildman–Crippen MR) is 84.1 cm³/mol. The van der Waals surface area contributed by atoms with Crippen LogP contribution in [0.25, 0.3) is 0 Å². The second-order valence-electron chi connectivity index (χ2n) is 5.29. The average molecular weight is 405 g/mol. The van der Waals surface area contributed by atoms with Crippen LogP contribution in [0.15, 0.2) is 0 Å². The first-order valence-electron chi connectivity index (χ1n) is 6.60. The van der Waals surface area contributed by atoms with Crippen molar-refractivity contribution in [2.24, 2.45) is 5.92 Å². The van der Waals surface area contributed by atoms with Crippen molar-refractivity contribution in [1.29, 1.82) is 0 Å². The standard InChI is InChI=1S/C12H23Br2NO2S/c1-2-12(9-13,10-14)15-18(16,17)8-11-6-4-3-5-7-11/h11,15H,2-10H2,1H3. The largest absolute Gasteiger partial charge is 0.212 e. The number of nitrogens with one attached hydrogen (secondary N) is 1. The third-order valence-electron chi connectivity index (χ3n) is 3.74. The first kappa shape index (κ1) is 16.9. The first-order valence-corrected chi connectivity index (χ1v) is 10.5. The van der Waals surface area contributed by atoms with Gasteiger partial charge in [-0.15, -0.1) is 0 Å².